The van der Waals surface area contributed by atoms with Gasteiger partial charge >= 0.3 is 0 Å². The fourth-order valence-electron chi connectivity index (χ4n) is 0.956. The lowest BCUT2D eigenvalue weighted by molar-refractivity contribution is -0.114. The van der Waals surface area contributed by atoms with Crippen LogP contribution in [-0.2, 0) is 4.79 Å². The van der Waals surface area contributed by atoms with E-state index in [1.165, 1.54) is 6.92 Å². The van der Waals surface area contributed by atoms with Gasteiger partial charge in [-0.25, -0.2) is 0 Å². The molecule has 0 spiro atoms. The quantitative estimate of drug-likeness (QED) is 0.808. The number of carbonyl (C=O) groups is 2. The Balaban J connectivity index is 3.01. The number of anilines is 1. The maximum Gasteiger partial charge on any atom is 0.221 e. The summed E-state index contributed by atoms with van der Waals surface area (Å²) in [5.74, 6) is -0.157. The van der Waals surface area contributed by atoms with Crippen molar-refractivity contribution in [2.24, 2.45) is 0 Å². The van der Waals surface area contributed by atoms with Gasteiger partial charge in [0.15, 0.2) is 0 Å². The summed E-state index contributed by atoms with van der Waals surface area (Å²) in [6.07, 6.45) is 0.732. The Morgan fingerprint density at radius 1 is 1.46 bits per heavy atom. The molecule has 0 bridgehead atoms. The van der Waals surface area contributed by atoms with Gasteiger partial charge < -0.3 is 5.32 Å². The first-order valence-corrected chi connectivity index (χ1v) is 4.44. The first-order chi connectivity index (χ1) is 6.11. The van der Waals surface area contributed by atoms with E-state index in [9.17, 15) is 9.59 Å². The van der Waals surface area contributed by atoms with Gasteiger partial charge in [0.1, 0.15) is 6.29 Å². The number of halogens is 1. The second kappa shape index (κ2) is 4.18. The summed E-state index contributed by atoms with van der Waals surface area (Å²) < 4.78 is 0.765. The van der Waals surface area contributed by atoms with Crippen molar-refractivity contribution in [3.63, 3.8) is 0 Å². The lowest BCUT2D eigenvalue weighted by Crippen LogP contribution is -2.05. The molecular weight excluding hydrogens is 234 g/mol. The SMILES string of the molecule is CC(=O)Nc1cc(Br)cc(C=O)c1. The zero-order valence-corrected chi connectivity index (χ0v) is 8.59. The Kier molecular flexibility index (Phi) is 3.19. The normalized spacial score (nSPS) is 9.38. The molecule has 3 nitrogen and oxygen atoms in total. The van der Waals surface area contributed by atoms with Crippen molar-refractivity contribution in [2.45, 2.75) is 6.92 Å². The molecule has 0 heterocycles. The summed E-state index contributed by atoms with van der Waals surface area (Å²) in [5, 5.41) is 2.59. The standard InChI is InChI=1S/C9H8BrNO2/c1-6(13)11-9-3-7(5-12)2-8(10)4-9/h2-5H,1H3,(H,11,13). The Morgan fingerprint density at radius 3 is 2.69 bits per heavy atom. The average Bonchev–Trinajstić information content (AvgIpc) is 2.01. The second-order valence-corrected chi connectivity index (χ2v) is 3.49. The number of amides is 1. The molecule has 1 aromatic rings. The van der Waals surface area contributed by atoms with Gasteiger partial charge in [0.05, 0.1) is 0 Å². The van der Waals surface area contributed by atoms with E-state index in [1.807, 2.05) is 0 Å². The fourth-order valence-corrected chi connectivity index (χ4v) is 1.47. The van der Waals surface area contributed by atoms with E-state index in [-0.39, 0.29) is 5.91 Å². The third kappa shape index (κ3) is 2.99. The van der Waals surface area contributed by atoms with Crippen molar-refractivity contribution in [1.29, 1.82) is 0 Å². The Bertz CT molecular complexity index is 349. The molecule has 1 N–H and O–H groups in total. The molecule has 4 heteroatoms. The monoisotopic (exact) mass is 241 g/mol. The highest BCUT2D eigenvalue weighted by atomic mass is 79.9. The van der Waals surface area contributed by atoms with Crippen LogP contribution in [0.25, 0.3) is 0 Å². The van der Waals surface area contributed by atoms with Gasteiger partial charge in [-0.3, -0.25) is 9.59 Å². The lowest BCUT2D eigenvalue weighted by Gasteiger charge is -2.03. The topological polar surface area (TPSA) is 46.2 Å². The average molecular weight is 242 g/mol. The molecule has 1 rings (SSSR count). The number of aldehydes is 1. The molecular formula is C9H8BrNO2. The number of nitrogens with one attached hydrogen (secondary N) is 1. The molecule has 1 amide bonds. The fraction of sp³-hybridized carbons (Fsp3) is 0.111. The van der Waals surface area contributed by atoms with E-state index in [0.29, 0.717) is 11.3 Å². The Labute approximate surface area is 84.3 Å². The van der Waals surface area contributed by atoms with Crippen molar-refractivity contribution < 1.29 is 9.59 Å². The molecule has 1 aromatic carbocycles. The predicted octanol–water partition coefficient (Wildman–Crippen LogP) is 2.22. The van der Waals surface area contributed by atoms with Crippen molar-refractivity contribution in [3.8, 4) is 0 Å². The van der Waals surface area contributed by atoms with Crippen LogP contribution in [0.1, 0.15) is 17.3 Å². The zero-order chi connectivity index (χ0) is 9.84. The molecule has 0 fully saturated rings. The van der Waals surface area contributed by atoms with Crippen molar-refractivity contribution in [3.05, 3.63) is 28.2 Å². The first-order valence-electron chi connectivity index (χ1n) is 3.65. The number of rotatable bonds is 2. The van der Waals surface area contributed by atoms with E-state index in [4.69, 9.17) is 0 Å². The van der Waals surface area contributed by atoms with E-state index < -0.39 is 0 Å². The van der Waals surface area contributed by atoms with Crippen LogP contribution in [-0.4, -0.2) is 12.2 Å². The summed E-state index contributed by atoms with van der Waals surface area (Å²) in [6, 6.07) is 5.02. The van der Waals surface area contributed by atoms with Gasteiger partial charge in [0.2, 0.25) is 5.91 Å². The highest BCUT2D eigenvalue weighted by molar-refractivity contribution is 9.10. The van der Waals surface area contributed by atoms with Crippen LogP contribution in [0.15, 0.2) is 22.7 Å². The number of benzene rings is 1. The highest BCUT2D eigenvalue weighted by Gasteiger charge is 1.99. The third-order valence-electron chi connectivity index (χ3n) is 1.38. The predicted molar refractivity (Wildman–Crippen MR) is 53.8 cm³/mol. The van der Waals surface area contributed by atoms with Crippen LogP contribution in [0.2, 0.25) is 0 Å². The third-order valence-corrected chi connectivity index (χ3v) is 1.83. The summed E-state index contributed by atoms with van der Waals surface area (Å²) >= 11 is 3.23. The van der Waals surface area contributed by atoms with E-state index in [2.05, 4.69) is 21.2 Å². The number of hydrogen-bond acceptors (Lipinski definition) is 2. The molecule has 0 radical (unpaired) electrons. The van der Waals surface area contributed by atoms with Gasteiger partial charge in [0, 0.05) is 22.6 Å². The van der Waals surface area contributed by atoms with Gasteiger partial charge in [0.25, 0.3) is 0 Å². The highest BCUT2D eigenvalue weighted by Crippen LogP contribution is 2.18. The Morgan fingerprint density at radius 2 is 2.15 bits per heavy atom. The van der Waals surface area contributed by atoms with Crippen LogP contribution in [0.4, 0.5) is 5.69 Å². The van der Waals surface area contributed by atoms with Gasteiger partial charge in [-0.2, -0.15) is 0 Å². The summed E-state index contributed by atoms with van der Waals surface area (Å²) in [4.78, 5) is 21.2. The maximum absolute atomic E-state index is 10.7. The minimum atomic E-state index is -0.157. The van der Waals surface area contributed by atoms with Crippen molar-refractivity contribution >= 4 is 33.8 Å². The van der Waals surface area contributed by atoms with Crippen molar-refractivity contribution in [1.82, 2.24) is 0 Å². The molecule has 0 saturated carbocycles. The number of carbonyl (C=O) groups excluding carboxylic acids is 2. The molecule has 0 aliphatic heterocycles. The van der Waals surface area contributed by atoms with Gasteiger partial charge in [-0.15, -0.1) is 0 Å². The van der Waals surface area contributed by atoms with E-state index in [1.54, 1.807) is 18.2 Å². The van der Waals surface area contributed by atoms with E-state index >= 15 is 0 Å². The van der Waals surface area contributed by atoms with Crippen LogP contribution < -0.4 is 5.32 Å². The lowest BCUT2D eigenvalue weighted by atomic mass is 10.2. The minimum Gasteiger partial charge on any atom is -0.326 e. The largest absolute Gasteiger partial charge is 0.326 e. The molecule has 0 atom stereocenters. The molecule has 0 aliphatic carbocycles. The molecule has 0 aromatic heterocycles. The summed E-state index contributed by atoms with van der Waals surface area (Å²) in [7, 11) is 0. The molecule has 0 unspecified atom stereocenters. The molecule has 0 aliphatic rings. The zero-order valence-electron chi connectivity index (χ0n) is 7.00. The molecule has 13 heavy (non-hydrogen) atoms. The van der Waals surface area contributed by atoms with Crippen LogP contribution >= 0.6 is 15.9 Å². The first kappa shape index (κ1) is 9.92. The van der Waals surface area contributed by atoms with Gasteiger partial charge in [-0.05, 0) is 18.2 Å². The van der Waals surface area contributed by atoms with E-state index in [0.717, 1.165) is 10.8 Å². The van der Waals surface area contributed by atoms with Crippen LogP contribution in [0, 0.1) is 0 Å². The smallest absolute Gasteiger partial charge is 0.221 e. The molecule has 0 saturated heterocycles. The summed E-state index contributed by atoms with van der Waals surface area (Å²) in [6.45, 7) is 1.42. The van der Waals surface area contributed by atoms with Gasteiger partial charge in [-0.1, -0.05) is 15.9 Å². The Hall–Kier alpha value is -1.16. The van der Waals surface area contributed by atoms with Crippen LogP contribution in [0.3, 0.4) is 0 Å². The maximum atomic E-state index is 10.7. The second-order valence-electron chi connectivity index (χ2n) is 2.57. The minimum absolute atomic E-state index is 0.157. The summed E-state index contributed by atoms with van der Waals surface area (Å²) in [5.41, 5.74) is 1.14. The number of hydrogen-bond donors (Lipinski definition) is 1. The van der Waals surface area contributed by atoms with Crippen LogP contribution in [0.5, 0.6) is 0 Å². The molecule has 68 valence electrons. The van der Waals surface area contributed by atoms with Crippen molar-refractivity contribution in [2.75, 3.05) is 5.32 Å².